The van der Waals surface area contributed by atoms with Gasteiger partial charge in [0.2, 0.25) is 5.75 Å². The van der Waals surface area contributed by atoms with Crippen molar-refractivity contribution in [3.63, 3.8) is 0 Å². The van der Waals surface area contributed by atoms with Crippen LogP contribution in [0.2, 0.25) is 5.15 Å². The topological polar surface area (TPSA) is 169 Å². The molecule has 0 radical (unpaired) electrons. The van der Waals surface area contributed by atoms with Crippen LogP contribution in [0.4, 0.5) is 0 Å². The summed E-state index contributed by atoms with van der Waals surface area (Å²) in [7, 11) is 1.29. The standard InChI is InChI=1S/C32H32ClN3O10/c1-17(2)29(38)45-26-18(3)44-32(41)22(16-43-31(40)21(26)14-19-8-6-5-7-9-19)36-28(37)25-27(23(42-4)11-13-35-25)46-30(39)20-10-12-34-24(33)15-20/h5-13,15,17-18,21-22,26H,14,16H2,1-4H3,(H,36,37). The average molecular weight is 654 g/mol. The molecule has 1 fully saturated rings. The van der Waals surface area contributed by atoms with E-state index in [-0.39, 0.29) is 28.6 Å². The van der Waals surface area contributed by atoms with Crippen molar-refractivity contribution in [2.24, 2.45) is 11.8 Å². The Morgan fingerprint density at radius 3 is 2.43 bits per heavy atom. The summed E-state index contributed by atoms with van der Waals surface area (Å²) in [6, 6.07) is 11.5. The molecule has 1 aliphatic heterocycles. The molecule has 0 saturated carbocycles. The van der Waals surface area contributed by atoms with Crippen LogP contribution in [0.1, 0.15) is 47.2 Å². The number of cyclic esters (lactones) is 2. The number of nitrogens with zero attached hydrogens (tertiary/aromatic N) is 2. The minimum absolute atomic E-state index is 0.00990. The van der Waals surface area contributed by atoms with Crippen LogP contribution in [0.5, 0.6) is 11.5 Å². The van der Waals surface area contributed by atoms with Crippen molar-refractivity contribution in [3.05, 3.63) is 82.9 Å². The number of carbonyl (C=O) groups excluding carboxylic acids is 5. The zero-order valence-corrected chi connectivity index (χ0v) is 26.2. The van der Waals surface area contributed by atoms with E-state index in [2.05, 4.69) is 15.3 Å². The third kappa shape index (κ3) is 8.36. The molecular weight excluding hydrogens is 622 g/mol. The number of aromatic nitrogens is 2. The summed E-state index contributed by atoms with van der Waals surface area (Å²) in [6.45, 7) is 4.14. The van der Waals surface area contributed by atoms with Gasteiger partial charge in [-0.25, -0.2) is 19.6 Å². The summed E-state index contributed by atoms with van der Waals surface area (Å²) in [5.41, 5.74) is 0.388. The zero-order valence-electron chi connectivity index (χ0n) is 25.4. The molecule has 46 heavy (non-hydrogen) atoms. The molecule has 1 saturated heterocycles. The Morgan fingerprint density at radius 2 is 1.76 bits per heavy atom. The molecule has 0 bridgehead atoms. The van der Waals surface area contributed by atoms with Crippen LogP contribution in [0.15, 0.2) is 60.9 Å². The van der Waals surface area contributed by atoms with Crippen molar-refractivity contribution >= 4 is 41.4 Å². The lowest BCUT2D eigenvalue weighted by molar-refractivity contribution is -0.176. The summed E-state index contributed by atoms with van der Waals surface area (Å²) in [5, 5.41) is 2.48. The number of carbonyl (C=O) groups is 5. The first-order valence-electron chi connectivity index (χ1n) is 14.3. The molecule has 4 unspecified atom stereocenters. The minimum atomic E-state index is -1.51. The molecule has 4 atom stereocenters. The van der Waals surface area contributed by atoms with E-state index in [0.717, 1.165) is 5.56 Å². The second-order valence-corrected chi connectivity index (χ2v) is 11.0. The smallest absolute Gasteiger partial charge is 0.343 e. The molecule has 0 spiro atoms. The van der Waals surface area contributed by atoms with Crippen LogP contribution in [0.25, 0.3) is 0 Å². The van der Waals surface area contributed by atoms with Crippen LogP contribution in [0, 0.1) is 11.8 Å². The summed E-state index contributed by atoms with van der Waals surface area (Å²) in [5.74, 6) is -6.09. The second kappa shape index (κ2) is 15.3. The lowest BCUT2D eigenvalue weighted by Crippen LogP contribution is -2.47. The van der Waals surface area contributed by atoms with Crippen molar-refractivity contribution < 1.29 is 47.7 Å². The maximum atomic E-state index is 13.5. The van der Waals surface area contributed by atoms with Crippen molar-refractivity contribution in [2.75, 3.05) is 13.7 Å². The number of hydrogen-bond donors (Lipinski definition) is 1. The Kier molecular flexibility index (Phi) is 11.3. The fourth-order valence-electron chi connectivity index (χ4n) is 4.51. The quantitative estimate of drug-likeness (QED) is 0.203. The SMILES string of the molecule is COc1ccnc(C(=O)NC2COC(=O)C(Cc3ccccc3)C(OC(=O)C(C)C)C(C)OC2=O)c1OC(=O)c1ccnc(Cl)c1. The molecule has 13 nitrogen and oxygen atoms in total. The lowest BCUT2D eigenvalue weighted by atomic mass is 9.91. The molecule has 14 heteroatoms. The lowest BCUT2D eigenvalue weighted by Gasteiger charge is -2.29. The van der Waals surface area contributed by atoms with E-state index < -0.39 is 72.2 Å². The third-order valence-electron chi connectivity index (χ3n) is 6.93. The molecule has 2 aromatic heterocycles. The van der Waals surface area contributed by atoms with Gasteiger partial charge in [0.05, 0.1) is 18.6 Å². The summed E-state index contributed by atoms with van der Waals surface area (Å²) >= 11 is 5.88. The van der Waals surface area contributed by atoms with E-state index >= 15 is 0 Å². The zero-order chi connectivity index (χ0) is 33.4. The highest BCUT2D eigenvalue weighted by molar-refractivity contribution is 6.29. The number of rotatable bonds is 9. The fraction of sp³-hybridized carbons (Fsp3) is 0.344. The number of methoxy groups -OCH3 is 1. The van der Waals surface area contributed by atoms with Gasteiger partial charge in [-0.1, -0.05) is 55.8 Å². The van der Waals surface area contributed by atoms with Gasteiger partial charge in [0.1, 0.15) is 23.8 Å². The summed E-state index contributed by atoms with van der Waals surface area (Å²) in [6.07, 6.45) is 0.373. The van der Waals surface area contributed by atoms with Crippen molar-refractivity contribution in [3.8, 4) is 11.5 Å². The highest BCUT2D eigenvalue weighted by Gasteiger charge is 2.42. The van der Waals surface area contributed by atoms with Gasteiger partial charge in [0, 0.05) is 18.5 Å². The molecule has 1 N–H and O–H groups in total. The number of pyridine rings is 2. The average Bonchev–Trinajstić information content (AvgIpc) is 3.07. The van der Waals surface area contributed by atoms with Gasteiger partial charge in [-0.3, -0.25) is 14.4 Å². The van der Waals surface area contributed by atoms with Crippen LogP contribution in [-0.2, 0) is 35.0 Å². The molecule has 1 aromatic carbocycles. The summed E-state index contributed by atoms with van der Waals surface area (Å²) in [4.78, 5) is 73.6. The molecule has 3 heterocycles. The van der Waals surface area contributed by atoms with Crippen molar-refractivity contribution in [1.29, 1.82) is 0 Å². The van der Waals surface area contributed by atoms with Gasteiger partial charge in [-0.05, 0) is 31.0 Å². The minimum Gasteiger partial charge on any atom is -0.493 e. The highest BCUT2D eigenvalue weighted by atomic mass is 35.5. The third-order valence-corrected chi connectivity index (χ3v) is 7.14. The Hall–Kier alpha value is -5.04. The van der Waals surface area contributed by atoms with Crippen LogP contribution in [0.3, 0.4) is 0 Å². The number of amides is 1. The highest BCUT2D eigenvalue weighted by Crippen LogP contribution is 2.31. The maximum absolute atomic E-state index is 13.5. The van der Waals surface area contributed by atoms with E-state index in [1.165, 1.54) is 44.6 Å². The van der Waals surface area contributed by atoms with Gasteiger partial charge >= 0.3 is 23.9 Å². The normalized spacial score (nSPS) is 19.9. The van der Waals surface area contributed by atoms with Crippen LogP contribution < -0.4 is 14.8 Å². The first kappa shape index (κ1) is 33.8. The molecule has 3 aromatic rings. The van der Waals surface area contributed by atoms with Crippen molar-refractivity contribution in [2.45, 2.75) is 45.4 Å². The number of halogens is 1. The first-order chi connectivity index (χ1) is 22.0. The number of ether oxygens (including phenoxy) is 5. The van der Waals surface area contributed by atoms with Gasteiger partial charge < -0.3 is 29.0 Å². The number of nitrogens with one attached hydrogen (secondary N) is 1. The predicted octanol–water partition coefficient (Wildman–Crippen LogP) is 3.37. The van der Waals surface area contributed by atoms with Gasteiger partial charge in [0.25, 0.3) is 5.91 Å². The van der Waals surface area contributed by atoms with Gasteiger partial charge in [-0.2, -0.15) is 0 Å². The molecule has 1 aliphatic rings. The largest absolute Gasteiger partial charge is 0.493 e. The number of hydrogen-bond acceptors (Lipinski definition) is 12. The Morgan fingerprint density at radius 1 is 1.04 bits per heavy atom. The number of esters is 4. The molecule has 1 amide bonds. The molecule has 4 rings (SSSR count). The van der Waals surface area contributed by atoms with Gasteiger partial charge in [-0.15, -0.1) is 0 Å². The maximum Gasteiger partial charge on any atom is 0.343 e. The van der Waals surface area contributed by atoms with E-state index in [1.807, 2.05) is 6.07 Å². The van der Waals surface area contributed by atoms with E-state index in [9.17, 15) is 24.0 Å². The second-order valence-electron chi connectivity index (χ2n) is 10.6. The van der Waals surface area contributed by atoms with Crippen LogP contribution in [-0.4, -0.2) is 71.7 Å². The summed E-state index contributed by atoms with van der Waals surface area (Å²) < 4.78 is 27.5. The van der Waals surface area contributed by atoms with E-state index in [1.54, 1.807) is 38.1 Å². The molecule has 0 aliphatic carbocycles. The molecular formula is C32H32ClN3O10. The monoisotopic (exact) mass is 653 g/mol. The first-order valence-corrected chi connectivity index (χ1v) is 14.6. The van der Waals surface area contributed by atoms with Gasteiger partial charge in [0.15, 0.2) is 23.6 Å². The Bertz CT molecular complexity index is 1600. The predicted molar refractivity (Wildman–Crippen MR) is 161 cm³/mol. The van der Waals surface area contributed by atoms with Crippen LogP contribution >= 0.6 is 11.6 Å². The number of benzene rings is 1. The van der Waals surface area contributed by atoms with Crippen molar-refractivity contribution in [1.82, 2.24) is 15.3 Å². The van der Waals surface area contributed by atoms with E-state index in [0.29, 0.717) is 0 Å². The fourth-order valence-corrected chi connectivity index (χ4v) is 4.68. The Balaban J connectivity index is 1.59. The van der Waals surface area contributed by atoms with E-state index in [4.69, 9.17) is 35.3 Å². The Labute approximate surface area is 269 Å². The molecule has 242 valence electrons.